The lowest BCUT2D eigenvalue weighted by molar-refractivity contribution is 0.413. The van der Waals surface area contributed by atoms with Gasteiger partial charge in [0.05, 0.1) is 18.8 Å². The lowest BCUT2D eigenvalue weighted by Crippen LogP contribution is -2.30. The molecule has 1 unspecified atom stereocenters. The molecule has 0 aliphatic carbocycles. The molecule has 2 aromatic rings. The quantitative estimate of drug-likeness (QED) is 0.907. The molecule has 0 saturated heterocycles. The highest BCUT2D eigenvalue weighted by Gasteiger charge is 2.18. The zero-order chi connectivity index (χ0) is 14.5. The van der Waals surface area contributed by atoms with Gasteiger partial charge in [-0.1, -0.05) is 42.0 Å². The molecule has 0 aromatic heterocycles. The first-order valence-electron chi connectivity index (χ1n) is 6.80. The van der Waals surface area contributed by atoms with Crippen LogP contribution in [0.2, 0.25) is 0 Å². The van der Waals surface area contributed by atoms with Crippen molar-refractivity contribution in [3.05, 3.63) is 59.7 Å². The number of methoxy groups -OCH3 is 1. The molecule has 20 heavy (non-hydrogen) atoms. The van der Waals surface area contributed by atoms with Crippen LogP contribution in [0.3, 0.4) is 0 Å². The zero-order valence-electron chi connectivity index (χ0n) is 12.3. The monoisotopic (exact) mass is 270 g/mol. The molecule has 0 spiro atoms. The lowest BCUT2D eigenvalue weighted by Gasteiger charge is -2.30. The standard InChI is InChI=1S/C17H22N2O/c1-13-7-6-8-14(11-13)16(12-18)19(2)15-9-4-5-10-17(15)20-3/h4-11,16H,12,18H2,1-3H3. The number of ether oxygens (including phenoxy) is 1. The summed E-state index contributed by atoms with van der Waals surface area (Å²) in [5.41, 5.74) is 9.52. The molecular formula is C17H22N2O. The van der Waals surface area contributed by atoms with E-state index in [0.29, 0.717) is 6.54 Å². The second-order valence-corrected chi connectivity index (χ2v) is 4.95. The normalized spacial score (nSPS) is 12.0. The molecule has 0 amide bonds. The largest absolute Gasteiger partial charge is 0.495 e. The predicted molar refractivity (Wildman–Crippen MR) is 84.4 cm³/mol. The fourth-order valence-corrected chi connectivity index (χ4v) is 2.48. The fraction of sp³-hybridized carbons (Fsp3) is 0.294. The average Bonchev–Trinajstić information content (AvgIpc) is 2.48. The van der Waals surface area contributed by atoms with Gasteiger partial charge in [0.15, 0.2) is 0 Å². The van der Waals surface area contributed by atoms with Crippen LogP contribution in [0.4, 0.5) is 5.69 Å². The molecule has 0 saturated carbocycles. The summed E-state index contributed by atoms with van der Waals surface area (Å²) in [4.78, 5) is 2.17. The molecule has 106 valence electrons. The Hall–Kier alpha value is -2.00. The summed E-state index contributed by atoms with van der Waals surface area (Å²) in [7, 11) is 3.74. The molecular weight excluding hydrogens is 248 g/mol. The van der Waals surface area contributed by atoms with Crippen LogP contribution in [0.25, 0.3) is 0 Å². The second kappa shape index (κ2) is 6.44. The van der Waals surface area contributed by atoms with Gasteiger partial charge in [0.25, 0.3) is 0 Å². The van der Waals surface area contributed by atoms with E-state index in [4.69, 9.17) is 10.5 Å². The number of likely N-dealkylation sites (N-methyl/N-ethyl adjacent to an activating group) is 1. The molecule has 0 aliphatic heterocycles. The van der Waals surface area contributed by atoms with Gasteiger partial charge in [-0.3, -0.25) is 0 Å². The minimum absolute atomic E-state index is 0.131. The second-order valence-electron chi connectivity index (χ2n) is 4.95. The molecule has 3 nitrogen and oxygen atoms in total. The van der Waals surface area contributed by atoms with Gasteiger partial charge in [-0.05, 0) is 24.6 Å². The van der Waals surface area contributed by atoms with Crippen LogP contribution in [0.15, 0.2) is 48.5 Å². The van der Waals surface area contributed by atoms with E-state index >= 15 is 0 Å². The highest BCUT2D eigenvalue weighted by Crippen LogP contribution is 2.32. The first-order valence-corrected chi connectivity index (χ1v) is 6.80. The molecule has 1 atom stereocenters. The van der Waals surface area contributed by atoms with Gasteiger partial charge < -0.3 is 15.4 Å². The maximum Gasteiger partial charge on any atom is 0.142 e. The summed E-state index contributed by atoms with van der Waals surface area (Å²) in [5, 5.41) is 0. The Morgan fingerprint density at radius 1 is 1.15 bits per heavy atom. The van der Waals surface area contributed by atoms with Crippen molar-refractivity contribution >= 4 is 5.69 Å². The van der Waals surface area contributed by atoms with Crippen molar-refractivity contribution in [2.24, 2.45) is 5.73 Å². The molecule has 2 rings (SSSR count). The lowest BCUT2D eigenvalue weighted by atomic mass is 10.0. The van der Waals surface area contributed by atoms with Crippen molar-refractivity contribution in [1.29, 1.82) is 0 Å². The van der Waals surface area contributed by atoms with Gasteiger partial charge in [0.2, 0.25) is 0 Å². The van der Waals surface area contributed by atoms with Crippen molar-refractivity contribution in [2.75, 3.05) is 25.6 Å². The minimum Gasteiger partial charge on any atom is -0.495 e. The molecule has 0 bridgehead atoms. The highest BCUT2D eigenvalue weighted by molar-refractivity contribution is 5.59. The smallest absolute Gasteiger partial charge is 0.142 e. The molecule has 3 heteroatoms. The number of rotatable bonds is 5. The van der Waals surface area contributed by atoms with Crippen LogP contribution in [-0.2, 0) is 0 Å². The Morgan fingerprint density at radius 2 is 1.90 bits per heavy atom. The number of nitrogens with two attached hydrogens (primary N) is 1. The van der Waals surface area contributed by atoms with E-state index in [9.17, 15) is 0 Å². The van der Waals surface area contributed by atoms with Gasteiger partial charge >= 0.3 is 0 Å². The number of benzene rings is 2. The molecule has 0 radical (unpaired) electrons. The topological polar surface area (TPSA) is 38.5 Å². The molecule has 2 N–H and O–H groups in total. The van der Waals surface area contributed by atoms with Gasteiger partial charge in [-0.2, -0.15) is 0 Å². The Kier molecular flexibility index (Phi) is 4.64. The third-order valence-electron chi connectivity index (χ3n) is 3.58. The number of hydrogen-bond donors (Lipinski definition) is 1. The Labute approximate surface area is 121 Å². The van der Waals surface area contributed by atoms with Crippen LogP contribution in [0.5, 0.6) is 5.75 Å². The summed E-state index contributed by atoms with van der Waals surface area (Å²) >= 11 is 0. The number of nitrogens with zero attached hydrogens (tertiary/aromatic N) is 1. The number of aryl methyl sites for hydroxylation is 1. The molecule has 0 fully saturated rings. The van der Waals surface area contributed by atoms with Crippen molar-refractivity contribution in [3.8, 4) is 5.75 Å². The number of para-hydroxylation sites is 2. The summed E-state index contributed by atoms with van der Waals surface area (Å²) in [5.74, 6) is 0.862. The van der Waals surface area contributed by atoms with E-state index in [0.717, 1.165) is 11.4 Å². The van der Waals surface area contributed by atoms with E-state index in [2.05, 4.69) is 49.2 Å². The zero-order valence-corrected chi connectivity index (χ0v) is 12.3. The van der Waals surface area contributed by atoms with Gasteiger partial charge in [-0.25, -0.2) is 0 Å². The highest BCUT2D eigenvalue weighted by atomic mass is 16.5. The van der Waals surface area contributed by atoms with E-state index in [1.807, 2.05) is 18.2 Å². The van der Waals surface area contributed by atoms with Crippen molar-refractivity contribution in [1.82, 2.24) is 0 Å². The first kappa shape index (κ1) is 14.4. The average molecular weight is 270 g/mol. The van der Waals surface area contributed by atoms with E-state index in [1.165, 1.54) is 11.1 Å². The van der Waals surface area contributed by atoms with Crippen LogP contribution >= 0.6 is 0 Å². The van der Waals surface area contributed by atoms with Crippen LogP contribution < -0.4 is 15.4 Å². The van der Waals surface area contributed by atoms with Crippen molar-refractivity contribution < 1.29 is 4.74 Å². The van der Waals surface area contributed by atoms with Crippen molar-refractivity contribution in [2.45, 2.75) is 13.0 Å². The van der Waals surface area contributed by atoms with Gasteiger partial charge in [0.1, 0.15) is 5.75 Å². The van der Waals surface area contributed by atoms with Crippen molar-refractivity contribution in [3.63, 3.8) is 0 Å². The van der Waals surface area contributed by atoms with E-state index in [-0.39, 0.29) is 6.04 Å². The first-order chi connectivity index (χ1) is 9.67. The maximum atomic E-state index is 6.00. The predicted octanol–water partition coefficient (Wildman–Crippen LogP) is 3.14. The van der Waals surface area contributed by atoms with Gasteiger partial charge in [-0.15, -0.1) is 0 Å². The summed E-state index contributed by atoms with van der Waals surface area (Å²) in [6, 6.07) is 16.6. The summed E-state index contributed by atoms with van der Waals surface area (Å²) in [6.45, 7) is 2.65. The molecule has 0 heterocycles. The Balaban J connectivity index is 2.36. The van der Waals surface area contributed by atoms with E-state index < -0.39 is 0 Å². The number of anilines is 1. The Bertz CT molecular complexity index is 568. The summed E-state index contributed by atoms with van der Waals surface area (Å²) in [6.07, 6.45) is 0. The van der Waals surface area contributed by atoms with Crippen LogP contribution in [0.1, 0.15) is 17.2 Å². The number of hydrogen-bond acceptors (Lipinski definition) is 3. The Morgan fingerprint density at radius 3 is 2.55 bits per heavy atom. The minimum atomic E-state index is 0.131. The maximum absolute atomic E-state index is 6.00. The van der Waals surface area contributed by atoms with E-state index in [1.54, 1.807) is 7.11 Å². The molecule has 0 aliphatic rings. The van der Waals surface area contributed by atoms with Crippen LogP contribution in [0, 0.1) is 6.92 Å². The third kappa shape index (κ3) is 2.94. The van der Waals surface area contributed by atoms with Crippen LogP contribution in [-0.4, -0.2) is 20.7 Å². The fourth-order valence-electron chi connectivity index (χ4n) is 2.48. The SMILES string of the molecule is COc1ccccc1N(C)C(CN)c1cccc(C)c1. The molecule has 2 aromatic carbocycles. The van der Waals surface area contributed by atoms with Gasteiger partial charge in [0, 0.05) is 13.6 Å². The summed E-state index contributed by atoms with van der Waals surface area (Å²) < 4.78 is 5.44. The third-order valence-corrected chi connectivity index (χ3v) is 3.58.